The summed E-state index contributed by atoms with van der Waals surface area (Å²) in [7, 11) is 0. The molecule has 1 heteroatoms. The molecule has 0 radical (unpaired) electrons. The topological polar surface area (TPSA) is 0 Å². The van der Waals surface area contributed by atoms with Crippen LogP contribution >= 0.6 is 0 Å². The molecule has 0 aromatic carbocycles. The highest BCUT2D eigenvalue weighted by molar-refractivity contribution is 6.35. The molecule has 0 aliphatic heterocycles. The van der Waals surface area contributed by atoms with Crippen molar-refractivity contribution in [3.8, 4) is 0 Å². The normalized spacial score (nSPS) is 8.86. The van der Waals surface area contributed by atoms with Crippen LogP contribution in [0.15, 0.2) is 0 Å². The van der Waals surface area contributed by atoms with Gasteiger partial charge in [-0.05, 0) is 0 Å². The van der Waals surface area contributed by atoms with Gasteiger partial charge in [0.15, 0.2) is 0 Å². The van der Waals surface area contributed by atoms with Gasteiger partial charge in [-0.1, -0.05) is 72.6 Å². The lowest BCUT2D eigenvalue weighted by Crippen LogP contribution is -1.82. The van der Waals surface area contributed by atoms with Crippen molar-refractivity contribution in [3.63, 3.8) is 0 Å². The summed E-state index contributed by atoms with van der Waals surface area (Å²) in [4.78, 5) is 0. The average molecular weight is 211 g/mol. The van der Waals surface area contributed by atoms with Crippen molar-refractivity contribution < 1.29 is 0 Å². The van der Waals surface area contributed by atoms with Crippen LogP contribution in [0.3, 0.4) is 0 Å². The zero-order chi connectivity index (χ0) is 11.1. The van der Waals surface area contributed by atoms with Gasteiger partial charge in [0.2, 0.25) is 0 Å². The predicted octanol–water partition coefficient (Wildman–Crippen LogP) is 5.32. The summed E-state index contributed by atoms with van der Waals surface area (Å²) in [5, 5.41) is 0. The Bertz CT molecular complexity index is 53.6. The molecule has 0 aromatic rings. The standard InChI is InChI=1S/C7H16.C4H9.C2H5.Mg/c1-3-5-7-6-4-2;1-3-4-2;1-2;/h3-7H2,1-2H3;1,3-4H2,2H3;1H2,2H3;. The van der Waals surface area contributed by atoms with Crippen LogP contribution in [0.4, 0.5) is 0 Å². The van der Waals surface area contributed by atoms with Crippen LogP contribution in [0.2, 0.25) is 9.10 Å². The molecule has 0 aliphatic rings. The smallest absolute Gasteiger partial charge is 0.149 e. The Morgan fingerprint density at radius 3 is 1.50 bits per heavy atom. The molecule has 0 spiro atoms. The number of rotatable bonds is 8. The van der Waals surface area contributed by atoms with Gasteiger partial charge >= 0.3 is 20.4 Å². The van der Waals surface area contributed by atoms with Gasteiger partial charge in [0, 0.05) is 0 Å². The van der Waals surface area contributed by atoms with Crippen LogP contribution in [-0.2, 0) is 0 Å². The number of hydrogen-bond acceptors (Lipinski definition) is 0. The monoisotopic (exact) mass is 210 g/mol. The van der Waals surface area contributed by atoms with Crippen LogP contribution in [0.25, 0.3) is 0 Å². The molecule has 0 heterocycles. The van der Waals surface area contributed by atoms with Crippen LogP contribution in [-0.4, -0.2) is 20.4 Å². The van der Waals surface area contributed by atoms with Crippen LogP contribution < -0.4 is 0 Å². The summed E-state index contributed by atoms with van der Waals surface area (Å²) >= 11 is 0.411. The van der Waals surface area contributed by atoms with E-state index in [4.69, 9.17) is 0 Å². The van der Waals surface area contributed by atoms with Gasteiger partial charge in [-0.3, -0.25) is 0 Å². The van der Waals surface area contributed by atoms with Crippen LogP contribution in [0, 0.1) is 0 Å². The first-order valence-electron chi connectivity index (χ1n) is 6.83. The van der Waals surface area contributed by atoms with Crippen LogP contribution in [0.5, 0.6) is 0 Å². The molecule has 0 N–H and O–H groups in total. The molecule has 84 valence electrons. The van der Waals surface area contributed by atoms with E-state index in [1.165, 1.54) is 49.5 Å². The maximum absolute atomic E-state index is 2.31. The first-order valence-corrected chi connectivity index (χ1v) is 8.83. The SMILES string of the molecule is CCCCCCC.CCC[CH2][Mg][CH2]C. The van der Waals surface area contributed by atoms with Crippen molar-refractivity contribution in [2.45, 2.75) is 81.7 Å². The minimum Gasteiger partial charge on any atom is -0.149 e. The molecule has 0 unspecified atom stereocenters. The molecule has 0 saturated carbocycles. The predicted molar refractivity (Wildman–Crippen MR) is 70.4 cm³/mol. The molecule has 0 bridgehead atoms. The van der Waals surface area contributed by atoms with Gasteiger partial charge in [0.05, 0.1) is 0 Å². The maximum Gasteiger partial charge on any atom is 0.363 e. The van der Waals surface area contributed by atoms with Crippen LogP contribution in [0.1, 0.15) is 72.6 Å². The molecule has 0 fully saturated rings. The van der Waals surface area contributed by atoms with Crippen molar-refractivity contribution in [2.24, 2.45) is 0 Å². The summed E-state index contributed by atoms with van der Waals surface area (Å²) in [5.41, 5.74) is 0. The zero-order valence-corrected chi connectivity index (χ0v) is 12.5. The first-order chi connectivity index (χ1) is 6.83. The molecular formula is C13H30Mg. The molecule has 0 rings (SSSR count). The van der Waals surface area contributed by atoms with E-state index in [1.54, 1.807) is 4.55 Å². The minimum absolute atomic E-state index is 0.411. The van der Waals surface area contributed by atoms with Crippen molar-refractivity contribution in [1.82, 2.24) is 0 Å². The quantitative estimate of drug-likeness (QED) is 0.376. The molecule has 0 amide bonds. The van der Waals surface area contributed by atoms with E-state index in [0.29, 0.717) is 20.4 Å². The Morgan fingerprint density at radius 1 is 0.643 bits per heavy atom. The van der Waals surface area contributed by atoms with E-state index in [-0.39, 0.29) is 0 Å². The Kier molecular flexibility index (Phi) is 23.7. The zero-order valence-electron chi connectivity index (χ0n) is 11.1. The second-order valence-corrected chi connectivity index (χ2v) is 6.54. The van der Waals surface area contributed by atoms with Gasteiger partial charge in [-0.2, -0.15) is 0 Å². The lowest BCUT2D eigenvalue weighted by molar-refractivity contribution is 0.656. The molecule has 0 atom stereocenters. The Hall–Kier alpha value is 0.766. The molecule has 0 saturated heterocycles. The fourth-order valence-electron chi connectivity index (χ4n) is 1.35. The summed E-state index contributed by atoms with van der Waals surface area (Å²) in [6.07, 6.45) is 9.89. The second kappa shape index (κ2) is 19.4. The van der Waals surface area contributed by atoms with E-state index in [1.807, 2.05) is 0 Å². The van der Waals surface area contributed by atoms with Gasteiger partial charge in [-0.15, -0.1) is 9.10 Å². The molecule has 0 aromatic heterocycles. The van der Waals surface area contributed by atoms with E-state index >= 15 is 0 Å². The minimum atomic E-state index is 0.411. The molecular weight excluding hydrogens is 180 g/mol. The Morgan fingerprint density at radius 2 is 1.14 bits per heavy atom. The summed E-state index contributed by atoms with van der Waals surface area (Å²) < 4.78 is 3.08. The van der Waals surface area contributed by atoms with E-state index < -0.39 is 0 Å². The third kappa shape index (κ3) is 23.0. The van der Waals surface area contributed by atoms with Crippen molar-refractivity contribution in [3.05, 3.63) is 0 Å². The number of unbranched alkanes of at least 4 members (excludes halogenated alkanes) is 5. The summed E-state index contributed by atoms with van der Waals surface area (Å²) in [5.74, 6) is 0. The largest absolute Gasteiger partial charge is 0.363 e. The van der Waals surface area contributed by atoms with Gasteiger partial charge in [0.25, 0.3) is 0 Å². The third-order valence-electron chi connectivity index (χ3n) is 2.41. The highest BCUT2D eigenvalue weighted by Gasteiger charge is 1.87. The van der Waals surface area contributed by atoms with E-state index in [9.17, 15) is 0 Å². The summed E-state index contributed by atoms with van der Waals surface area (Å²) in [6.45, 7) is 9.07. The fourth-order valence-corrected chi connectivity index (χ4v) is 2.71. The fraction of sp³-hybridized carbons (Fsp3) is 1.00. The van der Waals surface area contributed by atoms with E-state index in [0.717, 1.165) is 0 Å². The van der Waals surface area contributed by atoms with Gasteiger partial charge < -0.3 is 0 Å². The Balaban J connectivity index is 0. The van der Waals surface area contributed by atoms with E-state index in [2.05, 4.69) is 27.7 Å². The van der Waals surface area contributed by atoms with Crippen molar-refractivity contribution in [1.29, 1.82) is 0 Å². The lowest BCUT2D eigenvalue weighted by Gasteiger charge is -1.90. The lowest BCUT2D eigenvalue weighted by atomic mass is 10.2. The highest BCUT2D eigenvalue weighted by atomic mass is 24.5. The summed E-state index contributed by atoms with van der Waals surface area (Å²) in [6, 6.07) is 0. The highest BCUT2D eigenvalue weighted by Crippen LogP contribution is 2.00. The van der Waals surface area contributed by atoms with Crippen molar-refractivity contribution >= 4 is 20.4 Å². The molecule has 0 nitrogen and oxygen atoms in total. The maximum atomic E-state index is 2.31. The van der Waals surface area contributed by atoms with Gasteiger partial charge in [-0.25, -0.2) is 0 Å². The average Bonchev–Trinajstić information content (AvgIpc) is 2.21. The molecule has 14 heavy (non-hydrogen) atoms. The second-order valence-electron chi connectivity index (χ2n) is 4.12. The third-order valence-corrected chi connectivity index (χ3v) is 4.12. The van der Waals surface area contributed by atoms with Gasteiger partial charge in [0.1, 0.15) is 0 Å². The number of hydrogen-bond donors (Lipinski definition) is 0. The molecule has 0 aliphatic carbocycles. The Labute approximate surface area is 102 Å². The first kappa shape index (κ1) is 17.2. The van der Waals surface area contributed by atoms with Crippen molar-refractivity contribution in [2.75, 3.05) is 0 Å².